The van der Waals surface area contributed by atoms with Crippen LogP contribution in [0.15, 0.2) is 11.6 Å². The average molecular weight is 593 g/mol. The Bertz CT molecular complexity index is 692. The van der Waals surface area contributed by atoms with Crippen molar-refractivity contribution in [3.63, 3.8) is 0 Å². The minimum atomic E-state index is -0.383. The lowest BCUT2D eigenvalue weighted by Crippen LogP contribution is -2.31. The lowest BCUT2D eigenvalue weighted by Gasteiger charge is -2.22. The topological polar surface area (TPSA) is 76.0 Å². The van der Waals surface area contributed by atoms with E-state index in [1.54, 1.807) is 0 Å². The van der Waals surface area contributed by atoms with Crippen molar-refractivity contribution in [1.82, 2.24) is 0 Å². The molecule has 0 aliphatic carbocycles. The molecule has 0 amide bonds. The molecular formula is C37H68O5. The number of carbonyl (C=O) groups is 1. The SMILES string of the molecule is CCCCCCCCCCCC[C@@H](O)[C@@H]1CC[C@@H]([C@@H](O)CCCCCCCCCCCCCCC2=C[C@H](C)OC2=O)O1. The standard InChI is InChI=1S/C37H68O5/c1-3-4-5-6-7-8-14-17-20-23-26-33(38)35-28-29-36(42-35)34(39)27-24-21-18-15-12-10-9-11-13-16-19-22-25-32-30-31(2)41-37(32)40/h30-31,33-36,38-39H,3-29H2,1-2H3/t31-,33+,34-,35-,36-/m0/s1. The van der Waals surface area contributed by atoms with E-state index in [0.717, 1.165) is 56.9 Å². The third-order valence-electron chi connectivity index (χ3n) is 9.48. The van der Waals surface area contributed by atoms with Crippen molar-refractivity contribution < 1.29 is 24.5 Å². The zero-order chi connectivity index (χ0) is 30.3. The van der Waals surface area contributed by atoms with Crippen LogP contribution in [0.25, 0.3) is 0 Å². The Morgan fingerprint density at radius 3 is 1.40 bits per heavy atom. The molecule has 2 aliphatic heterocycles. The number of hydrogen-bond donors (Lipinski definition) is 2. The van der Waals surface area contributed by atoms with E-state index in [0.29, 0.717) is 0 Å². The molecule has 0 aromatic rings. The van der Waals surface area contributed by atoms with Crippen molar-refractivity contribution in [2.75, 3.05) is 0 Å². The predicted octanol–water partition coefficient (Wildman–Crippen LogP) is 9.90. The summed E-state index contributed by atoms with van der Waals surface area (Å²) in [5.74, 6) is -0.111. The molecule has 5 heteroatoms. The first kappa shape index (κ1) is 37.3. The van der Waals surface area contributed by atoms with Crippen LogP contribution < -0.4 is 0 Å². The van der Waals surface area contributed by atoms with Crippen LogP contribution >= 0.6 is 0 Å². The highest BCUT2D eigenvalue weighted by atomic mass is 16.5. The molecule has 0 radical (unpaired) electrons. The van der Waals surface area contributed by atoms with Crippen LogP contribution in [0.4, 0.5) is 0 Å². The van der Waals surface area contributed by atoms with Crippen molar-refractivity contribution in [2.24, 2.45) is 0 Å². The number of cyclic esters (lactones) is 1. The summed E-state index contributed by atoms with van der Waals surface area (Å²) in [6, 6.07) is 0. The molecule has 5 atom stereocenters. The van der Waals surface area contributed by atoms with Crippen LogP contribution in [0, 0.1) is 0 Å². The maximum Gasteiger partial charge on any atom is 0.334 e. The number of aliphatic hydroxyl groups excluding tert-OH is 2. The molecule has 1 saturated heterocycles. The van der Waals surface area contributed by atoms with Gasteiger partial charge in [-0.15, -0.1) is 0 Å². The van der Waals surface area contributed by atoms with E-state index in [9.17, 15) is 15.0 Å². The van der Waals surface area contributed by atoms with Crippen LogP contribution in [0.2, 0.25) is 0 Å². The lowest BCUT2D eigenvalue weighted by molar-refractivity contribution is -0.139. The predicted molar refractivity (Wildman–Crippen MR) is 175 cm³/mol. The summed E-state index contributed by atoms with van der Waals surface area (Å²) < 4.78 is 11.3. The smallest absolute Gasteiger partial charge is 0.334 e. The lowest BCUT2D eigenvalue weighted by atomic mass is 10.00. The normalized spacial score (nSPS) is 22.0. The minimum absolute atomic E-state index is 0.0387. The highest BCUT2D eigenvalue weighted by molar-refractivity contribution is 5.90. The van der Waals surface area contributed by atoms with E-state index >= 15 is 0 Å². The van der Waals surface area contributed by atoms with Gasteiger partial charge in [0.1, 0.15) is 6.10 Å². The van der Waals surface area contributed by atoms with Gasteiger partial charge in [0.25, 0.3) is 0 Å². The molecule has 2 heterocycles. The second-order valence-electron chi connectivity index (χ2n) is 13.5. The second-order valence-corrected chi connectivity index (χ2v) is 13.5. The van der Waals surface area contributed by atoms with Gasteiger partial charge in [-0.3, -0.25) is 0 Å². The summed E-state index contributed by atoms with van der Waals surface area (Å²) in [5, 5.41) is 21.2. The first-order valence-corrected chi connectivity index (χ1v) is 18.4. The number of carbonyl (C=O) groups excluding carboxylic acids is 1. The summed E-state index contributed by atoms with van der Waals surface area (Å²) in [4.78, 5) is 11.6. The Morgan fingerprint density at radius 1 is 0.643 bits per heavy atom. The number of ether oxygens (including phenoxy) is 2. The largest absolute Gasteiger partial charge is 0.455 e. The summed E-state index contributed by atoms with van der Waals surface area (Å²) in [7, 11) is 0. The molecule has 42 heavy (non-hydrogen) atoms. The molecule has 0 unspecified atom stereocenters. The molecule has 0 bridgehead atoms. The molecule has 0 aromatic carbocycles. The van der Waals surface area contributed by atoms with E-state index in [4.69, 9.17) is 9.47 Å². The molecule has 5 nitrogen and oxygen atoms in total. The van der Waals surface area contributed by atoms with E-state index in [1.807, 2.05) is 13.0 Å². The van der Waals surface area contributed by atoms with Crippen LogP contribution in [-0.2, 0) is 14.3 Å². The molecule has 1 fully saturated rings. The van der Waals surface area contributed by atoms with Gasteiger partial charge in [0, 0.05) is 5.57 Å². The Kier molecular flexibility index (Phi) is 21.7. The molecule has 0 spiro atoms. The van der Waals surface area contributed by atoms with Gasteiger partial charge in [-0.2, -0.15) is 0 Å². The minimum Gasteiger partial charge on any atom is -0.455 e. The van der Waals surface area contributed by atoms with Gasteiger partial charge < -0.3 is 19.7 Å². The van der Waals surface area contributed by atoms with Gasteiger partial charge in [0.05, 0.1) is 24.4 Å². The second kappa shape index (κ2) is 24.4. The van der Waals surface area contributed by atoms with Gasteiger partial charge in [-0.25, -0.2) is 4.79 Å². The number of unbranched alkanes of at least 4 members (excludes halogenated alkanes) is 20. The zero-order valence-corrected chi connectivity index (χ0v) is 27.7. The Morgan fingerprint density at radius 2 is 1.02 bits per heavy atom. The molecule has 0 aromatic heterocycles. The van der Waals surface area contributed by atoms with E-state index in [2.05, 4.69) is 6.92 Å². The van der Waals surface area contributed by atoms with Gasteiger partial charge in [-0.05, 0) is 51.5 Å². The van der Waals surface area contributed by atoms with Gasteiger partial charge in [0.15, 0.2) is 0 Å². The Balaban J connectivity index is 1.32. The van der Waals surface area contributed by atoms with Crippen molar-refractivity contribution >= 4 is 5.97 Å². The number of hydrogen-bond acceptors (Lipinski definition) is 5. The molecule has 0 saturated carbocycles. The molecule has 246 valence electrons. The van der Waals surface area contributed by atoms with Gasteiger partial charge in [-0.1, -0.05) is 142 Å². The maximum absolute atomic E-state index is 11.6. The van der Waals surface area contributed by atoms with Crippen molar-refractivity contribution in [3.05, 3.63) is 11.6 Å². The maximum atomic E-state index is 11.6. The van der Waals surface area contributed by atoms with Crippen LogP contribution in [0.5, 0.6) is 0 Å². The van der Waals surface area contributed by atoms with Crippen LogP contribution in [0.3, 0.4) is 0 Å². The van der Waals surface area contributed by atoms with Gasteiger partial charge in [0.2, 0.25) is 0 Å². The van der Waals surface area contributed by atoms with E-state index < -0.39 is 0 Å². The Hall–Kier alpha value is -0.910. The highest BCUT2D eigenvalue weighted by Crippen LogP contribution is 2.28. The molecule has 2 aliphatic rings. The third kappa shape index (κ3) is 17.4. The zero-order valence-electron chi connectivity index (χ0n) is 27.7. The summed E-state index contributed by atoms with van der Waals surface area (Å²) in [5.41, 5.74) is 0.877. The quantitative estimate of drug-likeness (QED) is 0.0698. The summed E-state index contributed by atoms with van der Waals surface area (Å²) in [6.45, 7) is 4.19. The van der Waals surface area contributed by atoms with Gasteiger partial charge >= 0.3 is 5.97 Å². The fourth-order valence-corrected chi connectivity index (χ4v) is 6.72. The summed E-state index contributed by atoms with van der Waals surface area (Å²) >= 11 is 0. The summed E-state index contributed by atoms with van der Waals surface area (Å²) in [6.07, 6.45) is 33.4. The monoisotopic (exact) mass is 593 g/mol. The third-order valence-corrected chi connectivity index (χ3v) is 9.48. The molecule has 2 rings (SSSR count). The average Bonchev–Trinajstić information content (AvgIpc) is 3.60. The van der Waals surface area contributed by atoms with Crippen LogP contribution in [-0.4, -0.2) is 46.7 Å². The first-order chi connectivity index (χ1) is 20.5. The van der Waals surface area contributed by atoms with E-state index in [1.165, 1.54) is 122 Å². The highest BCUT2D eigenvalue weighted by Gasteiger charge is 2.34. The molecule has 2 N–H and O–H groups in total. The first-order valence-electron chi connectivity index (χ1n) is 18.4. The molecular weight excluding hydrogens is 524 g/mol. The fourth-order valence-electron chi connectivity index (χ4n) is 6.72. The van der Waals surface area contributed by atoms with Crippen molar-refractivity contribution in [3.8, 4) is 0 Å². The Labute approximate surface area is 259 Å². The number of rotatable bonds is 28. The van der Waals surface area contributed by atoms with Crippen LogP contribution in [0.1, 0.15) is 187 Å². The van der Waals surface area contributed by atoms with Crippen molar-refractivity contribution in [1.29, 1.82) is 0 Å². The van der Waals surface area contributed by atoms with Crippen molar-refractivity contribution in [2.45, 2.75) is 218 Å². The number of aliphatic hydroxyl groups is 2. The van der Waals surface area contributed by atoms with E-state index in [-0.39, 0.29) is 36.5 Å². The fraction of sp³-hybridized carbons (Fsp3) is 0.919. The number of esters is 1.